The molecule has 0 fully saturated rings. The van der Waals surface area contributed by atoms with Crippen LogP contribution in [0, 0.1) is 0 Å². The molecule has 4 heteroatoms. The molecule has 0 aromatic carbocycles. The smallest absolute Gasteiger partial charge is 0.111 e. The highest BCUT2D eigenvalue weighted by atomic mass is 16.4. The molecule has 0 bridgehead atoms. The first-order valence-corrected chi connectivity index (χ1v) is 6.40. The van der Waals surface area contributed by atoms with Crippen LogP contribution in [0.2, 0.25) is 0 Å². The number of aliphatic hydroxyl groups is 3. The van der Waals surface area contributed by atoms with Crippen LogP contribution in [0.15, 0.2) is 0 Å². The van der Waals surface area contributed by atoms with Crippen molar-refractivity contribution in [1.29, 1.82) is 0 Å². The summed E-state index contributed by atoms with van der Waals surface area (Å²) < 4.78 is 0. The van der Waals surface area contributed by atoms with E-state index in [0.717, 1.165) is 19.3 Å². The van der Waals surface area contributed by atoms with Gasteiger partial charge in [-0.2, -0.15) is 0 Å². The molecule has 0 radical (unpaired) electrons. The topological polar surface area (TPSA) is 63.9 Å². The second-order valence-corrected chi connectivity index (χ2v) is 4.26. The van der Waals surface area contributed by atoms with E-state index in [4.69, 9.17) is 0 Å². The highest BCUT2D eigenvalue weighted by molar-refractivity contribution is 4.69. The van der Waals surface area contributed by atoms with Gasteiger partial charge in [-0.05, 0) is 19.3 Å². The molecule has 0 amide bonds. The molecule has 0 spiro atoms. The molecule has 16 heavy (non-hydrogen) atoms. The van der Waals surface area contributed by atoms with Gasteiger partial charge in [0.05, 0.1) is 0 Å². The molecule has 98 valence electrons. The van der Waals surface area contributed by atoms with E-state index in [1.807, 2.05) is 20.8 Å². The molecule has 0 rings (SSSR count). The van der Waals surface area contributed by atoms with E-state index in [1.54, 1.807) is 0 Å². The van der Waals surface area contributed by atoms with Crippen LogP contribution in [-0.4, -0.2) is 38.9 Å². The Morgan fingerprint density at radius 2 is 0.938 bits per heavy atom. The van der Waals surface area contributed by atoms with Crippen molar-refractivity contribution in [3.63, 3.8) is 0 Å². The zero-order chi connectivity index (χ0) is 12.6. The Labute approximate surface area is 98.9 Å². The van der Waals surface area contributed by atoms with E-state index in [0.29, 0.717) is 19.3 Å². The molecule has 0 saturated heterocycles. The number of hydrogen-bond acceptors (Lipinski definition) is 4. The van der Waals surface area contributed by atoms with Gasteiger partial charge in [0.15, 0.2) is 0 Å². The van der Waals surface area contributed by atoms with Crippen molar-refractivity contribution in [3.8, 4) is 0 Å². The SMILES string of the molecule is CCCC(O)N(C(O)CCC)C(O)CCC. The summed E-state index contributed by atoms with van der Waals surface area (Å²) in [6.45, 7) is 5.92. The fourth-order valence-electron chi connectivity index (χ4n) is 1.82. The van der Waals surface area contributed by atoms with Crippen molar-refractivity contribution in [2.24, 2.45) is 0 Å². The van der Waals surface area contributed by atoms with Gasteiger partial charge in [-0.15, -0.1) is 0 Å². The summed E-state index contributed by atoms with van der Waals surface area (Å²) in [5, 5.41) is 29.7. The minimum atomic E-state index is -0.756. The van der Waals surface area contributed by atoms with Gasteiger partial charge in [-0.1, -0.05) is 40.0 Å². The molecule has 0 aliphatic carbocycles. The van der Waals surface area contributed by atoms with E-state index in [9.17, 15) is 15.3 Å². The predicted octanol–water partition coefficient (Wildman–Crippen LogP) is 1.64. The second kappa shape index (κ2) is 8.93. The van der Waals surface area contributed by atoms with Gasteiger partial charge >= 0.3 is 0 Å². The van der Waals surface area contributed by atoms with Crippen molar-refractivity contribution in [2.45, 2.75) is 78.0 Å². The van der Waals surface area contributed by atoms with Gasteiger partial charge in [0.2, 0.25) is 0 Å². The molecular formula is C12H27NO3. The summed E-state index contributed by atoms with van der Waals surface area (Å²) in [7, 11) is 0. The Balaban J connectivity index is 4.47. The monoisotopic (exact) mass is 233 g/mol. The molecule has 3 N–H and O–H groups in total. The van der Waals surface area contributed by atoms with Crippen LogP contribution >= 0.6 is 0 Å². The van der Waals surface area contributed by atoms with Gasteiger partial charge in [0.1, 0.15) is 18.7 Å². The Morgan fingerprint density at radius 3 is 1.12 bits per heavy atom. The minimum absolute atomic E-state index is 0.571. The van der Waals surface area contributed by atoms with Gasteiger partial charge in [-0.25, -0.2) is 4.90 Å². The predicted molar refractivity (Wildman–Crippen MR) is 64.6 cm³/mol. The molecule has 0 saturated carbocycles. The Hall–Kier alpha value is -0.160. The average molecular weight is 233 g/mol. The third-order valence-electron chi connectivity index (χ3n) is 2.67. The summed E-state index contributed by atoms with van der Waals surface area (Å²) in [6, 6.07) is 0. The molecule has 0 aromatic heterocycles. The van der Waals surface area contributed by atoms with Crippen molar-refractivity contribution < 1.29 is 15.3 Å². The highest BCUT2D eigenvalue weighted by Gasteiger charge is 2.27. The third kappa shape index (κ3) is 5.25. The largest absolute Gasteiger partial charge is 0.378 e. The van der Waals surface area contributed by atoms with Crippen LogP contribution in [0.25, 0.3) is 0 Å². The standard InChI is InChI=1S/C12H27NO3/c1-4-7-10(14)13(11(15)8-5-2)12(16)9-6-3/h10-12,14-16H,4-9H2,1-3H3. The Morgan fingerprint density at radius 1 is 0.688 bits per heavy atom. The van der Waals surface area contributed by atoms with Crippen LogP contribution in [0.3, 0.4) is 0 Å². The Bertz CT molecular complexity index is 138. The fraction of sp³-hybridized carbons (Fsp3) is 1.00. The quantitative estimate of drug-likeness (QED) is 0.530. The maximum Gasteiger partial charge on any atom is 0.111 e. The molecule has 0 aliphatic rings. The lowest BCUT2D eigenvalue weighted by Crippen LogP contribution is -2.49. The minimum Gasteiger partial charge on any atom is -0.378 e. The molecular weight excluding hydrogens is 206 g/mol. The van der Waals surface area contributed by atoms with Gasteiger partial charge < -0.3 is 15.3 Å². The first kappa shape index (κ1) is 15.8. The van der Waals surface area contributed by atoms with E-state index in [1.165, 1.54) is 4.90 Å². The summed E-state index contributed by atoms with van der Waals surface area (Å²) >= 11 is 0. The lowest BCUT2D eigenvalue weighted by molar-refractivity contribution is -0.184. The fourth-order valence-corrected chi connectivity index (χ4v) is 1.82. The van der Waals surface area contributed by atoms with Crippen molar-refractivity contribution >= 4 is 0 Å². The zero-order valence-corrected chi connectivity index (χ0v) is 10.8. The van der Waals surface area contributed by atoms with Crippen LogP contribution in [0.1, 0.15) is 59.3 Å². The summed E-state index contributed by atoms with van der Waals surface area (Å²) in [4.78, 5) is 1.43. The van der Waals surface area contributed by atoms with Crippen molar-refractivity contribution in [2.75, 3.05) is 0 Å². The zero-order valence-electron chi connectivity index (χ0n) is 10.8. The normalized spacial score (nSPS) is 17.4. The first-order valence-electron chi connectivity index (χ1n) is 6.40. The van der Waals surface area contributed by atoms with E-state index >= 15 is 0 Å². The van der Waals surface area contributed by atoms with Gasteiger partial charge in [-0.3, -0.25) is 0 Å². The third-order valence-corrected chi connectivity index (χ3v) is 2.67. The maximum absolute atomic E-state index is 9.91. The Kier molecular flexibility index (Phi) is 8.84. The summed E-state index contributed by atoms with van der Waals surface area (Å²) in [6.07, 6.45) is 1.93. The highest BCUT2D eigenvalue weighted by Crippen LogP contribution is 2.17. The first-order chi connectivity index (χ1) is 7.58. The van der Waals surface area contributed by atoms with Crippen LogP contribution in [-0.2, 0) is 0 Å². The number of rotatable bonds is 9. The van der Waals surface area contributed by atoms with Crippen LogP contribution < -0.4 is 0 Å². The van der Waals surface area contributed by atoms with E-state index in [2.05, 4.69) is 0 Å². The van der Waals surface area contributed by atoms with Crippen molar-refractivity contribution in [3.05, 3.63) is 0 Å². The van der Waals surface area contributed by atoms with Crippen molar-refractivity contribution in [1.82, 2.24) is 4.90 Å². The molecule has 0 heterocycles. The summed E-state index contributed by atoms with van der Waals surface area (Å²) in [5.74, 6) is 0. The molecule has 0 aromatic rings. The number of aliphatic hydroxyl groups excluding tert-OH is 3. The lowest BCUT2D eigenvalue weighted by atomic mass is 10.2. The molecule has 3 atom stereocenters. The van der Waals surface area contributed by atoms with E-state index < -0.39 is 18.7 Å². The summed E-state index contributed by atoms with van der Waals surface area (Å²) in [5.41, 5.74) is 0. The van der Waals surface area contributed by atoms with Crippen LogP contribution in [0.5, 0.6) is 0 Å². The molecule has 3 unspecified atom stereocenters. The van der Waals surface area contributed by atoms with Gasteiger partial charge in [0, 0.05) is 0 Å². The van der Waals surface area contributed by atoms with Crippen LogP contribution in [0.4, 0.5) is 0 Å². The number of nitrogens with zero attached hydrogens (tertiary/aromatic N) is 1. The number of hydrogen-bond donors (Lipinski definition) is 3. The lowest BCUT2D eigenvalue weighted by Gasteiger charge is -2.35. The maximum atomic E-state index is 9.91. The molecule has 4 nitrogen and oxygen atoms in total. The average Bonchev–Trinajstić information content (AvgIpc) is 2.19. The van der Waals surface area contributed by atoms with E-state index in [-0.39, 0.29) is 0 Å². The molecule has 0 aliphatic heterocycles. The second-order valence-electron chi connectivity index (χ2n) is 4.26. The van der Waals surface area contributed by atoms with Gasteiger partial charge in [0.25, 0.3) is 0 Å².